The molecule has 1 heterocycles. The normalized spacial score (nSPS) is 22.9. The number of hydrogen-bond acceptors (Lipinski definition) is 4. The van der Waals surface area contributed by atoms with Gasteiger partial charge in [-0.25, -0.2) is 4.79 Å². The summed E-state index contributed by atoms with van der Waals surface area (Å²) in [5, 5.41) is 3.18. The van der Waals surface area contributed by atoms with Crippen LogP contribution >= 0.6 is 0 Å². The maximum absolute atomic E-state index is 11.4. The Morgan fingerprint density at radius 1 is 1.77 bits per heavy atom. The molecular weight excluding hydrogens is 170 g/mol. The lowest BCUT2D eigenvalue weighted by Gasteiger charge is -2.34. The fraction of sp³-hybridized carbons (Fsp3) is 0.875. The molecular formula is C8H17N3O2. The van der Waals surface area contributed by atoms with Gasteiger partial charge in [-0.3, -0.25) is 0 Å². The van der Waals surface area contributed by atoms with E-state index in [1.165, 1.54) is 0 Å². The minimum atomic E-state index is -0.251. The van der Waals surface area contributed by atoms with Crippen molar-refractivity contribution in [3.05, 3.63) is 0 Å². The Morgan fingerprint density at radius 3 is 3.15 bits per heavy atom. The van der Waals surface area contributed by atoms with Crippen LogP contribution in [0.5, 0.6) is 0 Å². The van der Waals surface area contributed by atoms with E-state index in [2.05, 4.69) is 5.32 Å². The summed E-state index contributed by atoms with van der Waals surface area (Å²) in [6.07, 6.45) is -0.251. The standard InChI is InChI=1S/C8H17N3O2/c1-2-13-8(12)11-4-3-10-6-7(11)5-9/h7,10H,2-6,9H2,1H3. The molecule has 1 aliphatic rings. The molecule has 1 unspecified atom stereocenters. The van der Waals surface area contributed by atoms with E-state index < -0.39 is 0 Å². The molecule has 3 N–H and O–H groups in total. The molecule has 0 aliphatic carbocycles. The molecule has 0 aromatic heterocycles. The maximum atomic E-state index is 11.4. The number of ether oxygens (including phenoxy) is 1. The van der Waals surface area contributed by atoms with Crippen LogP contribution in [0.25, 0.3) is 0 Å². The minimum Gasteiger partial charge on any atom is -0.450 e. The van der Waals surface area contributed by atoms with E-state index in [-0.39, 0.29) is 12.1 Å². The quantitative estimate of drug-likeness (QED) is 0.604. The highest BCUT2D eigenvalue weighted by molar-refractivity contribution is 5.68. The highest BCUT2D eigenvalue weighted by Gasteiger charge is 2.25. The van der Waals surface area contributed by atoms with Crippen molar-refractivity contribution < 1.29 is 9.53 Å². The predicted molar refractivity (Wildman–Crippen MR) is 49.4 cm³/mol. The van der Waals surface area contributed by atoms with Crippen molar-refractivity contribution in [2.45, 2.75) is 13.0 Å². The first-order chi connectivity index (χ1) is 6.29. The van der Waals surface area contributed by atoms with Gasteiger partial charge in [0.1, 0.15) is 0 Å². The number of amides is 1. The molecule has 1 fully saturated rings. The van der Waals surface area contributed by atoms with Gasteiger partial charge >= 0.3 is 6.09 Å². The average molecular weight is 187 g/mol. The summed E-state index contributed by atoms with van der Waals surface area (Å²) < 4.78 is 4.92. The SMILES string of the molecule is CCOC(=O)N1CCNCC1CN. The molecule has 5 nitrogen and oxygen atoms in total. The topological polar surface area (TPSA) is 67.6 Å². The van der Waals surface area contributed by atoms with E-state index in [0.717, 1.165) is 13.1 Å². The van der Waals surface area contributed by atoms with Crippen molar-refractivity contribution in [2.24, 2.45) is 5.73 Å². The molecule has 0 saturated carbocycles. The van der Waals surface area contributed by atoms with Crippen LogP contribution in [0.1, 0.15) is 6.92 Å². The number of rotatable bonds is 2. The van der Waals surface area contributed by atoms with E-state index in [0.29, 0.717) is 19.7 Å². The summed E-state index contributed by atoms with van der Waals surface area (Å²) in [5.41, 5.74) is 5.54. The lowest BCUT2D eigenvalue weighted by atomic mass is 10.2. The van der Waals surface area contributed by atoms with Crippen LogP contribution in [0.15, 0.2) is 0 Å². The predicted octanol–water partition coefficient (Wildman–Crippen LogP) is -0.625. The lowest BCUT2D eigenvalue weighted by molar-refractivity contribution is 0.0830. The Bertz CT molecular complexity index is 175. The molecule has 0 bridgehead atoms. The van der Waals surface area contributed by atoms with Crippen molar-refractivity contribution >= 4 is 6.09 Å². The number of hydrogen-bond donors (Lipinski definition) is 2. The van der Waals surface area contributed by atoms with Gasteiger partial charge in [-0.2, -0.15) is 0 Å². The summed E-state index contributed by atoms with van der Waals surface area (Å²) >= 11 is 0. The van der Waals surface area contributed by atoms with Crippen LogP contribution in [0, 0.1) is 0 Å². The number of nitrogens with two attached hydrogens (primary N) is 1. The molecule has 0 aromatic rings. The molecule has 0 radical (unpaired) electrons. The molecule has 1 rings (SSSR count). The van der Waals surface area contributed by atoms with Crippen LogP contribution in [0.3, 0.4) is 0 Å². The maximum Gasteiger partial charge on any atom is 0.410 e. The third-order valence-corrected chi connectivity index (χ3v) is 2.12. The summed E-state index contributed by atoms with van der Waals surface area (Å²) in [6, 6.07) is 0.0767. The summed E-state index contributed by atoms with van der Waals surface area (Å²) in [5.74, 6) is 0. The Kier molecular flexibility index (Phi) is 3.98. The van der Waals surface area contributed by atoms with Gasteiger partial charge in [0, 0.05) is 26.2 Å². The zero-order valence-corrected chi connectivity index (χ0v) is 7.95. The Balaban J connectivity index is 2.48. The van der Waals surface area contributed by atoms with Crippen LogP contribution < -0.4 is 11.1 Å². The number of piperazine rings is 1. The third kappa shape index (κ3) is 2.57. The van der Waals surface area contributed by atoms with Crippen LogP contribution in [-0.4, -0.2) is 49.8 Å². The zero-order chi connectivity index (χ0) is 9.68. The molecule has 76 valence electrons. The third-order valence-electron chi connectivity index (χ3n) is 2.12. The van der Waals surface area contributed by atoms with Crippen molar-refractivity contribution in [2.75, 3.05) is 32.8 Å². The number of nitrogens with zero attached hydrogens (tertiary/aromatic N) is 1. The van der Waals surface area contributed by atoms with Crippen molar-refractivity contribution in [1.29, 1.82) is 0 Å². The van der Waals surface area contributed by atoms with Gasteiger partial charge in [0.15, 0.2) is 0 Å². The van der Waals surface area contributed by atoms with E-state index in [1.54, 1.807) is 11.8 Å². The van der Waals surface area contributed by atoms with Gasteiger partial charge in [0.2, 0.25) is 0 Å². The van der Waals surface area contributed by atoms with Crippen LogP contribution in [-0.2, 0) is 4.74 Å². The molecule has 1 aliphatic heterocycles. The molecule has 13 heavy (non-hydrogen) atoms. The molecule has 0 spiro atoms. The minimum absolute atomic E-state index is 0.0767. The smallest absolute Gasteiger partial charge is 0.410 e. The van der Waals surface area contributed by atoms with Gasteiger partial charge in [-0.1, -0.05) is 0 Å². The first-order valence-corrected chi connectivity index (χ1v) is 4.63. The van der Waals surface area contributed by atoms with Crippen molar-refractivity contribution in [3.63, 3.8) is 0 Å². The Hall–Kier alpha value is -0.810. The lowest BCUT2D eigenvalue weighted by Crippen LogP contribution is -2.56. The number of carbonyl (C=O) groups excluding carboxylic acids is 1. The van der Waals surface area contributed by atoms with E-state index in [9.17, 15) is 4.79 Å². The number of carbonyl (C=O) groups is 1. The van der Waals surface area contributed by atoms with Crippen molar-refractivity contribution in [1.82, 2.24) is 10.2 Å². The van der Waals surface area contributed by atoms with E-state index >= 15 is 0 Å². The monoisotopic (exact) mass is 187 g/mol. The van der Waals surface area contributed by atoms with Gasteiger partial charge < -0.3 is 20.7 Å². The first-order valence-electron chi connectivity index (χ1n) is 4.63. The van der Waals surface area contributed by atoms with Crippen molar-refractivity contribution in [3.8, 4) is 0 Å². The Labute approximate surface area is 78.2 Å². The van der Waals surface area contributed by atoms with E-state index in [1.807, 2.05) is 0 Å². The highest BCUT2D eigenvalue weighted by Crippen LogP contribution is 2.04. The summed E-state index contributed by atoms with van der Waals surface area (Å²) in [4.78, 5) is 13.1. The van der Waals surface area contributed by atoms with Crippen LogP contribution in [0.4, 0.5) is 4.79 Å². The second-order valence-corrected chi connectivity index (χ2v) is 2.99. The molecule has 1 atom stereocenters. The summed E-state index contributed by atoms with van der Waals surface area (Å²) in [7, 11) is 0. The highest BCUT2D eigenvalue weighted by atomic mass is 16.6. The first kappa shape index (κ1) is 10.3. The van der Waals surface area contributed by atoms with Gasteiger partial charge in [-0.05, 0) is 6.92 Å². The number of nitrogens with one attached hydrogen (secondary N) is 1. The summed E-state index contributed by atoms with van der Waals surface area (Å²) in [6.45, 7) is 4.95. The van der Waals surface area contributed by atoms with Crippen LogP contribution in [0.2, 0.25) is 0 Å². The fourth-order valence-corrected chi connectivity index (χ4v) is 1.42. The average Bonchev–Trinajstić information content (AvgIpc) is 2.18. The van der Waals surface area contributed by atoms with E-state index in [4.69, 9.17) is 10.5 Å². The molecule has 1 saturated heterocycles. The van der Waals surface area contributed by atoms with Gasteiger partial charge in [-0.15, -0.1) is 0 Å². The molecule has 0 aromatic carbocycles. The molecule has 1 amide bonds. The second-order valence-electron chi connectivity index (χ2n) is 2.99. The largest absolute Gasteiger partial charge is 0.450 e. The zero-order valence-electron chi connectivity index (χ0n) is 7.95. The van der Waals surface area contributed by atoms with Gasteiger partial charge in [0.05, 0.1) is 12.6 Å². The van der Waals surface area contributed by atoms with Gasteiger partial charge in [0.25, 0.3) is 0 Å². The molecule has 5 heteroatoms. The Morgan fingerprint density at radius 2 is 2.54 bits per heavy atom. The second kappa shape index (κ2) is 5.04. The fourth-order valence-electron chi connectivity index (χ4n) is 1.42.